The molecular weight excluding hydrogens is 312 g/mol. The lowest BCUT2D eigenvalue weighted by molar-refractivity contribution is -0.144. The highest BCUT2D eigenvalue weighted by Crippen LogP contribution is 2.20. The lowest BCUT2D eigenvalue weighted by atomic mass is 9.94. The van der Waals surface area contributed by atoms with Gasteiger partial charge in [0.05, 0.1) is 0 Å². The zero-order valence-corrected chi connectivity index (χ0v) is 15.3. The van der Waals surface area contributed by atoms with Crippen LogP contribution >= 0.6 is 0 Å². The molecule has 0 aliphatic carbocycles. The Hall–Kier alpha value is -1.79. The van der Waals surface area contributed by atoms with Crippen LogP contribution in [0.15, 0.2) is 0 Å². The van der Waals surface area contributed by atoms with E-state index in [1.807, 2.05) is 34.6 Å². The van der Waals surface area contributed by atoms with Crippen LogP contribution < -0.4 is 5.32 Å². The predicted molar refractivity (Wildman–Crippen MR) is 89.6 cm³/mol. The third-order valence-electron chi connectivity index (χ3n) is 4.29. The maximum absolute atomic E-state index is 12.3. The highest BCUT2D eigenvalue weighted by atomic mass is 16.6. The van der Waals surface area contributed by atoms with Crippen molar-refractivity contribution in [3.63, 3.8) is 0 Å². The van der Waals surface area contributed by atoms with Gasteiger partial charge in [-0.25, -0.2) is 9.59 Å². The van der Waals surface area contributed by atoms with Crippen molar-refractivity contribution in [3.05, 3.63) is 0 Å². The van der Waals surface area contributed by atoms with E-state index in [4.69, 9.17) is 4.74 Å². The number of carbonyl (C=O) groups is 3. The lowest BCUT2D eigenvalue weighted by Gasteiger charge is -2.33. The van der Waals surface area contributed by atoms with Crippen molar-refractivity contribution in [1.82, 2.24) is 10.2 Å². The number of rotatable bonds is 5. The van der Waals surface area contributed by atoms with Crippen molar-refractivity contribution in [1.29, 1.82) is 0 Å². The molecule has 24 heavy (non-hydrogen) atoms. The standard InChI is InChI=1S/C17H30N2O5/c1-6-11(2)13(15(21)22)18-14(20)12-7-9-19(10-8-12)16(23)24-17(3,4)5/h11-13H,6-10H2,1-5H3,(H,18,20)(H,21,22). The molecule has 0 radical (unpaired) electrons. The Morgan fingerprint density at radius 1 is 1.25 bits per heavy atom. The number of hydrogen-bond donors (Lipinski definition) is 2. The summed E-state index contributed by atoms with van der Waals surface area (Å²) in [7, 11) is 0. The minimum Gasteiger partial charge on any atom is -0.480 e. The molecule has 1 saturated heterocycles. The first-order valence-electron chi connectivity index (χ1n) is 8.56. The second kappa shape index (κ2) is 8.35. The summed E-state index contributed by atoms with van der Waals surface area (Å²) in [5.41, 5.74) is -0.545. The monoisotopic (exact) mass is 342 g/mol. The fourth-order valence-corrected chi connectivity index (χ4v) is 2.60. The Morgan fingerprint density at radius 2 is 1.79 bits per heavy atom. The van der Waals surface area contributed by atoms with Crippen molar-refractivity contribution in [2.24, 2.45) is 11.8 Å². The number of amides is 2. The van der Waals surface area contributed by atoms with Gasteiger partial charge in [0.25, 0.3) is 0 Å². The number of aliphatic carboxylic acids is 1. The van der Waals surface area contributed by atoms with E-state index in [0.717, 1.165) is 0 Å². The minimum atomic E-state index is -1.01. The van der Waals surface area contributed by atoms with E-state index in [2.05, 4.69) is 5.32 Å². The summed E-state index contributed by atoms with van der Waals surface area (Å²) < 4.78 is 5.32. The van der Waals surface area contributed by atoms with Crippen LogP contribution in [-0.4, -0.2) is 52.7 Å². The van der Waals surface area contributed by atoms with Crippen LogP contribution in [0.3, 0.4) is 0 Å². The molecule has 7 heteroatoms. The third-order valence-corrected chi connectivity index (χ3v) is 4.29. The quantitative estimate of drug-likeness (QED) is 0.799. The lowest BCUT2D eigenvalue weighted by Crippen LogP contribution is -2.50. The van der Waals surface area contributed by atoms with Gasteiger partial charge in [-0.1, -0.05) is 20.3 Å². The van der Waals surface area contributed by atoms with Gasteiger partial charge in [0, 0.05) is 19.0 Å². The Balaban J connectivity index is 2.53. The van der Waals surface area contributed by atoms with Gasteiger partial charge in [-0.3, -0.25) is 4.79 Å². The van der Waals surface area contributed by atoms with Gasteiger partial charge in [0.15, 0.2) is 0 Å². The van der Waals surface area contributed by atoms with Crippen LogP contribution in [0.1, 0.15) is 53.9 Å². The minimum absolute atomic E-state index is 0.131. The number of hydrogen-bond acceptors (Lipinski definition) is 4. The number of carboxylic acids is 1. The molecule has 2 N–H and O–H groups in total. The highest BCUT2D eigenvalue weighted by molar-refractivity contribution is 5.85. The van der Waals surface area contributed by atoms with Crippen molar-refractivity contribution < 1.29 is 24.2 Å². The van der Waals surface area contributed by atoms with Gasteiger partial charge in [0.2, 0.25) is 5.91 Å². The number of likely N-dealkylation sites (tertiary alicyclic amines) is 1. The van der Waals surface area contributed by atoms with Gasteiger partial charge in [0.1, 0.15) is 11.6 Å². The predicted octanol–water partition coefficient (Wildman–Crippen LogP) is 2.25. The van der Waals surface area contributed by atoms with E-state index in [0.29, 0.717) is 32.4 Å². The molecule has 1 heterocycles. The molecule has 0 bridgehead atoms. The number of nitrogens with zero attached hydrogens (tertiary/aromatic N) is 1. The number of carbonyl (C=O) groups excluding carboxylic acids is 2. The van der Waals surface area contributed by atoms with Crippen molar-refractivity contribution in [2.45, 2.75) is 65.5 Å². The Labute approximate surface area is 143 Å². The molecule has 0 spiro atoms. The third kappa shape index (κ3) is 6.02. The first kappa shape index (κ1) is 20.3. The molecule has 0 saturated carbocycles. The molecular formula is C17H30N2O5. The van der Waals surface area contributed by atoms with E-state index in [-0.39, 0.29) is 23.8 Å². The van der Waals surface area contributed by atoms with Gasteiger partial charge < -0.3 is 20.1 Å². The second-order valence-electron chi connectivity index (χ2n) is 7.45. The van der Waals surface area contributed by atoms with Crippen LogP contribution in [0.4, 0.5) is 4.79 Å². The largest absolute Gasteiger partial charge is 0.480 e. The number of carboxylic acid groups (broad SMARTS) is 1. The second-order valence-corrected chi connectivity index (χ2v) is 7.45. The zero-order valence-electron chi connectivity index (χ0n) is 15.3. The molecule has 0 aromatic rings. The van der Waals surface area contributed by atoms with Crippen LogP contribution in [-0.2, 0) is 14.3 Å². The van der Waals surface area contributed by atoms with Crippen LogP contribution in [0.2, 0.25) is 0 Å². The van der Waals surface area contributed by atoms with E-state index < -0.39 is 17.6 Å². The molecule has 0 aromatic carbocycles. The smallest absolute Gasteiger partial charge is 0.410 e. The summed E-state index contributed by atoms with van der Waals surface area (Å²) in [5, 5.41) is 11.9. The van der Waals surface area contributed by atoms with Gasteiger partial charge >= 0.3 is 12.1 Å². The maximum Gasteiger partial charge on any atom is 0.410 e. The highest BCUT2D eigenvalue weighted by Gasteiger charge is 2.32. The summed E-state index contributed by atoms with van der Waals surface area (Å²) in [6.45, 7) is 10.0. The topological polar surface area (TPSA) is 95.9 Å². The van der Waals surface area contributed by atoms with E-state index in [9.17, 15) is 19.5 Å². The summed E-state index contributed by atoms with van der Waals surface area (Å²) in [6.07, 6.45) is 1.33. The summed E-state index contributed by atoms with van der Waals surface area (Å²) in [4.78, 5) is 37.2. The van der Waals surface area contributed by atoms with Crippen LogP contribution in [0.5, 0.6) is 0 Å². The molecule has 2 unspecified atom stereocenters. The molecule has 2 atom stereocenters. The summed E-state index contributed by atoms with van der Waals surface area (Å²) in [5.74, 6) is -1.65. The van der Waals surface area contributed by atoms with Gasteiger partial charge in [-0.05, 0) is 39.5 Å². The summed E-state index contributed by atoms with van der Waals surface area (Å²) in [6, 6.07) is -0.869. The average molecular weight is 342 g/mol. The molecule has 138 valence electrons. The first-order chi connectivity index (χ1) is 11.0. The molecule has 1 aliphatic heterocycles. The Bertz CT molecular complexity index is 464. The molecule has 1 aliphatic rings. The molecule has 1 rings (SSSR count). The Kier molecular flexibility index (Phi) is 7.05. The zero-order chi connectivity index (χ0) is 18.5. The number of ether oxygens (including phenoxy) is 1. The maximum atomic E-state index is 12.3. The summed E-state index contributed by atoms with van der Waals surface area (Å²) >= 11 is 0. The van der Waals surface area contributed by atoms with Crippen LogP contribution in [0.25, 0.3) is 0 Å². The number of nitrogens with one attached hydrogen (secondary N) is 1. The van der Waals surface area contributed by atoms with E-state index in [1.165, 1.54) is 0 Å². The van der Waals surface area contributed by atoms with Crippen molar-refractivity contribution in [2.75, 3.05) is 13.1 Å². The first-order valence-corrected chi connectivity index (χ1v) is 8.56. The fraction of sp³-hybridized carbons (Fsp3) is 0.824. The fourth-order valence-electron chi connectivity index (χ4n) is 2.60. The molecule has 1 fully saturated rings. The Morgan fingerprint density at radius 3 is 2.21 bits per heavy atom. The van der Waals surface area contributed by atoms with E-state index >= 15 is 0 Å². The van der Waals surface area contributed by atoms with Gasteiger partial charge in [-0.2, -0.15) is 0 Å². The van der Waals surface area contributed by atoms with Crippen LogP contribution in [0, 0.1) is 11.8 Å². The van der Waals surface area contributed by atoms with Crippen molar-refractivity contribution >= 4 is 18.0 Å². The normalized spacial score (nSPS) is 18.6. The average Bonchev–Trinajstić information content (AvgIpc) is 2.49. The van der Waals surface area contributed by atoms with Gasteiger partial charge in [-0.15, -0.1) is 0 Å². The molecule has 2 amide bonds. The van der Waals surface area contributed by atoms with Crippen molar-refractivity contribution in [3.8, 4) is 0 Å². The molecule has 0 aromatic heterocycles. The number of piperidine rings is 1. The van der Waals surface area contributed by atoms with E-state index in [1.54, 1.807) is 4.90 Å². The SMILES string of the molecule is CCC(C)C(NC(=O)C1CCN(C(=O)OC(C)(C)C)CC1)C(=O)O. The molecule has 7 nitrogen and oxygen atoms in total.